The molecule has 0 aliphatic carbocycles. The number of benzene rings is 3. The first-order valence-electron chi connectivity index (χ1n) is 12.4. The predicted molar refractivity (Wildman–Crippen MR) is 147 cm³/mol. The van der Waals surface area contributed by atoms with Gasteiger partial charge in [0.1, 0.15) is 23.0 Å². The van der Waals surface area contributed by atoms with Crippen LogP contribution in [0.2, 0.25) is 0 Å². The molecular formula is C31H27NO5S. The molecule has 3 aromatic carbocycles. The molecule has 0 bridgehead atoms. The van der Waals surface area contributed by atoms with Crippen molar-refractivity contribution in [2.24, 2.45) is 0 Å². The molecule has 5 rings (SSSR count). The number of aliphatic hydroxyl groups excluding tert-OH is 1. The molecule has 0 radical (unpaired) electrons. The van der Waals surface area contributed by atoms with Gasteiger partial charge in [0, 0.05) is 10.4 Å². The van der Waals surface area contributed by atoms with Crippen molar-refractivity contribution in [2.75, 3.05) is 6.61 Å². The van der Waals surface area contributed by atoms with E-state index in [4.69, 9.17) is 9.47 Å². The Morgan fingerprint density at radius 2 is 1.66 bits per heavy atom. The van der Waals surface area contributed by atoms with E-state index in [2.05, 4.69) is 0 Å². The lowest BCUT2D eigenvalue weighted by Crippen LogP contribution is -2.28. The minimum absolute atomic E-state index is 0.0469. The summed E-state index contributed by atoms with van der Waals surface area (Å²) in [6.07, 6.45) is 0.877. The van der Waals surface area contributed by atoms with E-state index in [0.717, 1.165) is 11.3 Å². The highest BCUT2D eigenvalue weighted by molar-refractivity contribution is 7.09. The molecule has 192 valence electrons. The van der Waals surface area contributed by atoms with Crippen molar-refractivity contribution < 1.29 is 24.2 Å². The lowest BCUT2D eigenvalue weighted by Gasteiger charge is -2.25. The SMILES string of the molecule is CCCOc1ccc(/C(O)=C2/C(=O)C(=O)N(Cc3cccs3)C2c2cccc(Oc3ccccc3)c2)cc1. The molecule has 1 aliphatic rings. The summed E-state index contributed by atoms with van der Waals surface area (Å²) in [7, 11) is 0. The second kappa shape index (κ2) is 11.4. The van der Waals surface area contributed by atoms with Crippen LogP contribution in [0.1, 0.15) is 35.4 Å². The Balaban J connectivity index is 1.56. The number of aliphatic hydroxyl groups is 1. The van der Waals surface area contributed by atoms with Crippen LogP contribution in [0.5, 0.6) is 17.2 Å². The second-order valence-electron chi connectivity index (χ2n) is 8.87. The van der Waals surface area contributed by atoms with Crippen LogP contribution < -0.4 is 9.47 Å². The average Bonchev–Trinajstić information content (AvgIpc) is 3.55. The van der Waals surface area contributed by atoms with E-state index in [1.165, 1.54) is 16.2 Å². The van der Waals surface area contributed by atoms with Gasteiger partial charge in [-0.15, -0.1) is 11.3 Å². The number of rotatable bonds is 9. The molecule has 1 atom stereocenters. The van der Waals surface area contributed by atoms with Gasteiger partial charge in [0.25, 0.3) is 11.7 Å². The van der Waals surface area contributed by atoms with Gasteiger partial charge >= 0.3 is 0 Å². The summed E-state index contributed by atoms with van der Waals surface area (Å²) in [5.41, 5.74) is 1.15. The maximum absolute atomic E-state index is 13.4. The maximum Gasteiger partial charge on any atom is 0.295 e. The molecule has 0 saturated carbocycles. The summed E-state index contributed by atoms with van der Waals surface area (Å²) in [5.74, 6) is 0.310. The van der Waals surface area contributed by atoms with Crippen LogP contribution in [0, 0.1) is 0 Å². The minimum atomic E-state index is -0.785. The highest BCUT2D eigenvalue weighted by Crippen LogP contribution is 2.42. The number of ether oxygens (including phenoxy) is 2. The van der Waals surface area contributed by atoms with Gasteiger partial charge in [-0.3, -0.25) is 9.59 Å². The summed E-state index contributed by atoms with van der Waals surface area (Å²) in [4.78, 5) is 29.1. The van der Waals surface area contributed by atoms with Gasteiger partial charge < -0.3 is 19.5 Å². The largest absolute Gasteiger partial charge is 0.507 e. The van der Waals surface area contributed by atoms with E-state index in [1.807, 2.05) is 73.0 Å². The molecule has 1 N–H and O–H groups in total. The zero-order valence-electron chi connectivity index (χ0n) is 20.9. The standard InChI is InChI=1S/C31H27NO5S/c1-2-17-36-23-15-13-21(14-16-23)29(33)27-28(32(31(35)30(27)34)20-26-12-7-18-38-26)22-8-6-11-25(19-22)37-24-9-4-3-5-10-24/h3-16,18-19,28,33H,2,17,20H2,1H3/b29-27-. The van der Waals surface area contributed by atoms with Crippen molar-refractivity contribution in [1.29, 1.82) is 0 Å². The first kappa shape index (κ1) is 25.3. The molecule has 1 aliphatic heterocycles. The van der Waals surface area contributed by atoms with Gasteiger partial charge in [-0.25, -0.2) is 0 Å². The summed E-state index contributed by atoms with van der Waals surface area (Å²) in [6.45, 7) is 2.85. The molecule has 2 heterocycles. The first-order valence-corrected chi connectivity index (χ1v) is 13.3. The fourth-order valence-corrected chi connectivity index (χ4v) is 5.12. The molecule has 1 saturated heterocycles. The highest BCUT2D eigenvalue weighted by atomic mass is 32.1. The Morgan fingerprint density at radius 3 is 2.37 bits per heavy atom. The van der Waals surface area contributed by atoms with Gasteiger partial charge in [-0.2, -0.15) is 0 Å². The lowest BCUT2D eigenvalue weighted by molar-refractivity contribution is -0.140. The molecule has 0 spiro atoms. The van der Waals surface area contributed by atoms with Gasteiger partial charge in [0.05, 0.1) is 24.8 Å². The van der Waals surface area contributed by atoms with Crippen LogP contribution in [0.3, 0.4) is 0 Å². The summed E-state index contributed by atoms with van der Waals surface area (Å²) in [5, 5.41) is 13.3. The summed E-state index contributed by atoms with van der Waals surface area (Å²) in [6, 6.07) is 26.6. The van der Waals surface area contributed by atoms with Crippen LogP contribution in [0.4, 0.5) is 0 Å². The lowest BCUT2D eigenvalue weighted by atomic mass is 9.95. The van der Waals surface area contributed by atoms with Crippen molar-refractivity contribution in [2.45, 2.75) is 25.9 Å². The van der Waals surface area contributed by atoms with E-state index in [9.17, 15) is 14.7 Å². The minimum Gasteiger partial charge on any atom is -0.507 e. The number of para-hydroxylation sites is 1. The van der Waals surface area contributed by atoms with E-state index in [0.29, 0.717) is 35.0 Å². The van der Waals surface area contributed by atoms with Crippen molar-refractivity contribution in [3.63, 3.8) is 0 Å². The number of Topliss-reactive ketones (excluding diaryl/α,β-unsaturated/α-hetero) is 1. The monoisotopic (exact) mass is 525 g/mol. The third-order valence-corrected chi connectivity index (χ3v) is 7.06. The van der Waals surface area contributed by atoms with E-state index in [1.54, 1.807) is 30.3 Å². The molecule has 1 amide bonds. The predicted octanol–water partition coefficient (Wildman–Crippen LogP) is 6.95. The van der Waals surface area contributed by atoms with Crippen LogP contribution in [-0.2, 0) is 16.1 Å². The second-order valence-corrected chi connectivity index (χ2v) is 9.90. The Labute approximate surface area is 225 Å². The molecule has 1 unspecified atom stereocenters. The highest BCUT2D eigenvalue weighted by Gasteiger charge is 2.46. The number of carbonyl (C=O) groups is 2. The number of ketones is 1. The Morgan fingerprint density at radius 1 is 0.895 bits per heavy atom. The zero-order valence-corrected chi connectivity index (χ0v) is 21.7. The van der Waals surface area contributed by atoms with Crippen molar-refractivity contribution in [1.82, 2.24) is 4.90 Å². The zero-order chi connectivity index (χ0) is 26.5. The van der Waals surface area contributed by atoms with Crippen molar-refractivity contribution in [3.8, 4) is 17.2 Å². The van der Waals surface area contributed by atoms with Gasteiger partial charge in [0.15, 0.2) is 0 Å². The smallest absolute Gasteiger partial charge is 0.295 e. The molecule has 7 heteroatoms. The number of hydrogen-bond donors (Lipinski definition) is 1. The van der Waals surface area contributed by atoms with Crippen LogP contribution >= 0.6 is 11.3 Å². The molecule has 1 aromatic heterocycles. The fourth-order valence-electron chi connectivity index (χ4n) is 4.42. The molecule has 1 fully saturated rings. The van der Waals surface area contributed by atoms with Gasteiger partial charge in [0.2, 0.25) is 0 Å². The van der Waals surface area contributed by atoms with Crippen LogP contribution in [-0.4, -0.2) is 28.3 Å². The summed E-state index contributed by atoms with van der Waals surface area (Å²) < 4.78 is 11.7. The van der Waals surface area contributed by atoms with Crippen molar-refractivity contribution >= 4 is 28.8 Å². The number of amides is 1. The Hall–Kier alpha value is -4.36. The van der Waals surface area contributed by atoms with Crippen molar-refractivity contribution in [3.05, 3.63) is 118 Å². The molecule has 38 heavy (non-hydrogen) atoms. The first-order chi connectivity index (χ1) is 18.5. The average molecular weight is 526 g/mol. The summed E-state index contributed by atoms with van der Waals surface area (Å²) >= 11 is 1.51. The Kier molecular flexibility index (Phi) is 7.56. The number of carbonyl (C=O) groups excluding carboxylic acids is 2. The van der Waals surface area contributed by atoms with Gasteiger partial charge in [-0.1, -0.05) is 43.3 Å². The quantitative estimate of drug-likeness (QED) is 0.145. The number of nitrogens with zero attached hydrogens (tertiary/aromatic N) is 1. The number of likely N-dealkylation sites (tertiary alicyclic amines) is 1. The third-order valence-electron chi connectivity index (χ3n) is 6.20. The molecule has 6 nitrogen and oxygen atoms in total. The van der Waals surface area contributed by atoms with Crippen LogP contribution in [0.25, 0.3) is 5.76 Å². The molecular weight excluding hydrogens is 498 g/mol. The molecule has 4 aromatic rings. The van der Waals surface area contributed by atoms with E-state index in [-0.39, 0.29) is 17.9 Å². The van der Waals surface area contributed by atoms with Gasteiger partial charge in [-0.05, 0) is 72.0 Å². The maximum atomic E-state index is 13.4. The number of thiophene rings is 1. The van der Waals surface area contributed by atoms with Crippen LogP contribution in [0.15, 0.2) is 102 Å². The third kappa shape index (κ3) is 5.33. The van der Waals surface area contributed by atoms with E-state index >= 15 is 0 Å². The Bertz CT molecular complexity index is 1450. The number of hydrogen-bond acceptors (Lipinski definition) is 6. The topological polar surface area (TPSA) is 76.1 Å². The normalized spacial score (nSPS) is 16.6. The van der Waals surface area contributed by atoms with E-state index < -0.39 is 17.7 Å². The fraction of sp³-hybridized carbons (Fsp3) is 0.161.